The first-order valence-electron chi connectivity index (χ1n) is 8.18. The number of rotatable bonds is 5. The van der Waals surface area contributed by atoms with E-state index in [1.54, 1.807) is 20.4 Å². The van der Waals surface area contributed by atoms with Gasteiger partial charge < -0.3 is 19.7 Å². The van der Waals surface area contributed by atoms with Gasteiger partial charge in [-0.05, 0) is 12.8 Å². The number of methoxy groups -OCH3 is 2. The summed E-state index contributed by atoms with van der Waals surface area (Å²) in [4.78, 5) is 10.6. The molecule has 7 nitrogen and oxygen atoms in total. The zero-order valence-corrected chi connectivity index (χ0v) is 14.4. The lowest BCUT2D eigenvalue weighted by atomic mass is 10.1. The summed E-state index contributed by atoms with van der Waals surface area (Å²) in [6, 6.07) is 8.05. The van der Waals surface area contributed by atoms with Crippen LogP contribution in [-0.4, -0.2) is 43.3 Å². The molecule has 1 aromatic heterocycles. The molecule has 3 rings (SSSR count). The highest BCUT2D eigenvalue weighted by Gasteiger charge is 2.21. The molecule has 1 N–H and O–H groups in total. The van der Waals surface area contributed by atoms with Crippen molar-refractivity contribution in [3.63, 3.8) is 0 Å². The van der Waals surface area contributed by atoms with Gasteiger partial charge in [0.2, 0.25) is 0 Å². The van der Waals surface area contributed by atoms with Gasteiger partial charge in [-0.15, -0.1) is 0 Å². The van der Waals surface area contributed by atoms with Crippen molar-refractivity contribution in [2.75, 3.05) is 37.5 Å². The Morgan fingerprint density at radius 1 is 1.16 bits per heavy atom. The number of ether oxygens (including phenoxy) is 2. The second kappa shape index (κ2) is 7.71. The quantitative estimate of drug-likeness (QED) is 0.895. The SMILES string of the molecule is COc1cc(N[C@@H]2CCCN(c3cnc(C#N)cn3)C2)cc(OC)c1. The summed E-state index contributed by atoms with van der Waals surface area (Å²) in [6.45, 7) is 1.75. The Labute approximate surface area is 147 Å². The first kappa shape index (κ1) is 16.8. The smallest absolute Gasteiger partial charge is 0.158 e. The molecule has 0 radical (unpaired) electrons. The maximum absolute atomic E-state index is 8.83. The van der Waals surface area contributed by atoms with Crippen LogP contribution in [0.1, 0.15) is 18.5 Å². The molecular weight excluding hydrogens is 318 g/mol. The Bertz CT molecular complexity index is 735. The first-order chi connectivity index (χ1) is 12.2. The molecule has 1 aromatic carbocycles. The molecule has 2 heterocycles. The van der Waals surface area contributed by atoms with E-state index in [1.807, 2.05) is 24.3 Å². The van der Waals surface area contributed by atoms with Crippen LogP contribution < -0.4 is 19.7 Å². The fraction of sp³-hybridized carbons (Fsp3) is 0.389. The van der Waals surface area contributed by atoms with Gasteiger partial charge in [0.05, 0.1) is 26.6 Å². The number of hydrogen-bond donors (Lipinski definition) is 1. The number of anilines is 2. The van der Waals surface area contributed by atoms with Crippen molar-refractivity contribution in [3.05, 3.63) is 36.3 Å². The van der Waals surface area contributed by atoms with Crippen LogP contribution in [0.25, 0.3) is 0 Å². The molecule has 2 aromatic rings. The van der Waals surface area contributed by atoms with E-state index in [9.17, 15) is 0 Å². The number of benzene rings is 1. The topological polar surface area (TPSA) is 83.3 Å². The van der Waals surface area contributed by atoms with E-state index < -0.39 is 0 Å². The lowest BCUT2D eigenvalue weighted by Crippen LogP contribution is -2.42. The van der Waals surface area contributed by atoms with Crippen molar-refractivity contribution in [2.45, 2.75) is 18.9 Å². The molecule has 1 atom stereocenters. The summed E-state index contributed by atoms with van der Waals surface area (Å²) in [5, 5.41) is 12.4. The Morgan fingerprint density at radius 3 is 2.52 bits per heavy atom. The van der Waals surface area contributed by atoms with Crippen molar-refractivity contribution >= 4 is 11.5 Å². The number of hydrogen-bond acceptors (Lipinski definition) is 7. The zero-order chi connectivity index (χ0) is 17.6. The summed E-state index contributed by atoms with van der Waals surface area (Å²) in [5.74, 6) is 2.31. The number of nitrogens with one attached hydrogen (secondary N) is 1. The third-order valence-electron chi connectivity index (χ3n) is 4.22. The van der Waals surface area contributed by atoms with E-state index >= 15 is 0 Å². The standard InChI is InChI=1S/C18H21N5O2/c1-24-16-6-14(7-17(8-16)25-2)22-13-4-3-5-23(12-13)18-11-20-15(9-19)10-21-18/h6-8,10-11,13,22H,3-5,12H2,1-2H3/t13-/m1/s1. The lowest BCUT2D eigenvalue weighted by Gasteiger charge is -2.34. The van der Waals surface area contributed by atoms with E-state index in [2.05, 4.69) is 20.2 Å². The fourth-order valence-corrected chi connectivity index (χ4v) is 2.97. The van der Waals surface area contributed by atoms with Crippen LogP contribution in [0, 0.1) is 11.3 Å². The molecule has 1 saturated heterocycles. The molecule has 0 aliphatic carbocycles. The van der Waals surface area contributed by atoms with E-state index in [4.69, 9.17) is 14.7 Å². The fourth-order valence-electron chi connectivity index (χ4n) is 2.97. The molecule has 0 unspecified atom stereocenters. The largest absolute Gasteiger partial charge is 0.497 e. The van der Waals surface area contributed by atoms with Crippen LogP contribution in [0.5, 0.6) is 11.5 Å². The van der Waals surface area contributed by atoms with Crippen LogP contribution in [-0.2, 0) is 0 Å². The summed E-state index contributed by atoms with van der Waals surface area (Å²) in [5.41, 5.74) is 1.30. The van der Waals surface area contributed by atoms with Crippen molar-refractivity contribution < 1.29 is 9.47 Å². The molecule has 0 saturated carbocycles. The van der Waals surface area contributed by atoms with Crippen LogP contribution in [0.2, 0.25) is 0 Å². The highest BCUT2D eigenvalue weighted by atomic mass is 16.5. The Kier molecular flexibility index (Phi) is 5.19. The van der Waals surface area contributed by atoms with Crippen LogP contribution in [0.15, 0.2) is 30.6 Å². The van der Waals surface area contributed by atoms with Crippen molar-refractivity contribution in [1.82, 2.24) is 9.97 Å². The highest BCUT2D eigenvalue weighted by Crippen LogP contribution is 2.27. The summed E-state index contributed by atoms with van der Waals surface area (Å²) in [6.07, 6.45) is 5.30. The molecule has 0 bridgehead atoms. The molecule has 25 heavy (non-hydrogen) atoms. The minimum Gasteiger partial charge on any atom is -0.497 e. The van der Waals surface area contributed by atoms with Gasteiger partial charge in [0.25, 0.3) is 0 Å². The molecule has 130 valence electrons. The van der Waals surface area contributed by atoms with E-state index in [0.29, 0.717) is 5.69 Å². The summed E-state index contributed by atoms with van der Waals surface area (Å²) >= 11 is 0. The van der Waals surface area contributed by atoms with Crippen molar-refractivity contribution in [2.24, 2.45) is 0 Å². The first-order valence-corrected chi connectivity index (χ1v) is 8.18. The molecule has 7 heteroatoms. The number of nitriles is 1. The van der Waals surface area contributed by atoms with Gasteiger partial charge >= 0.3 is 0 Å². The predicted molar refractivity (Wildman–Crippen MR) is 95.2 cm³/mol. The number of piperidine rings is 1. The monoisotopic (exact) mass is 339 g/mol. The van der Waals surface area contributed by atoms with Gasteiger partial charge in [0.15, 0.2) is 5.69 Å². The van der Waals surface area contributed by atoms with Gasteiger partial charge in [-0.25, -0.2) is 9.97 Å². The van der Waals surface area contributed by atoms with Gasteiger partial charge in [-0.1, -0.05) is 0 Å². The Balaban J connectivity index is 1.70. The average molecular weight is 339 g/mol. The van der Waals surface area contributed by atoms with Crippen LogP contribution in [0.3, 0.4) is 0 Å². The average Bonchev–Trinajstić information content (AvgIpc) is 2.68. The molecule has 1 fully saturated rings. The van der Waals surface area contributed by atoms with Gasteiger partial charge in [0.1, 0.15) is 23.4 Å². The second-order valence-corrected chi connectivity index (χ2v) is 5.90. The molecule has 0 amide bonds. The van der Waals surface area contributed by atoms with Crippen LogP contribution in [0.4, 0.5) is 11.5 Å². The minimum absolute atomic E-state index is 0.281. The number of nitrogens with zero attached hydrogens (tertiary/aromatic N) is 4. The molecule has 1 aliphatic heterocycles. The third kappa shape index (κ3) is 4.10. The molecular formula is C18H21N5O2. The maximum atomic E-state index is 8.83. The van der Waals surface area contributed by atoms with E-state index in [-0.39, 0.29) is 6.04 Å². The zero-order valence-electron chi connectivity index (χ0n) is 14.4. The van der Waals surface area contributed by atoms with Crippen molar-refractivity contribution in [1.29, 1.82) is 5.26 Å². The highest BCUT2D eigenvalue weighted by molar-refractivity contribution is 5.54. The van der Waals surface area contributed by atoms with Crippen LogP contribution >= 0.6 is 0 Å². The Morgan fingerprint density at radius 2 is 1.92 bits per heavy atom. The summed E-state index contributed by atoms with van der Waals surface area (Å²) in [7, 11) is 3.29. The minimum atomic E-state index is 0.281. The lowest BCUT2D eigenvalue weighted by molar-refractivity contribution is 0.394. The third-order valence-corrected chi connectivity index (χ3v) is 4.22. The van der Waals surface area contributed by atoms with Gasteiger partial charge in [0, 0.05) is 43.0 Å². The van der Waals surface area contributed by atoms with Crippen molar-refractivity contribution in [3.8, 4) is 17.6 Å². The second-order valence-electron chi connectivity index (χ2n) is 5.90. The molecule has 0 spiro atoms. The predicted octanol–water partition coefficient (Wildman–Crippen LogP) is 2.45. The van der Waals surface area contributed by atoms with E-state index in [0.717, 1.165) is 48.9 Å². The molecule has 1 aliphatic rings. The summed E-state index contributed by atoms with van der Waals surface area (Å²) < 4.78 is 10.6. The van der Waals surface area contributed by atoms with E-state index in [1.165, 1.54) is 6.20 Å². The van der Waals surface area contributed by atoms with Gasteiger partial charge in [-0.2, -0.15) is 5.26 Å². The Hall–Kier alpha value is -3.01. The normalized spacial score (nSPS) is 16.8. The maximum Gasteiger partial charge on any atom is 0.158 e. The number of aromatic nitrogens is 2. The van der Waals surface area contributed by atoms with Gasteiger partial charge in [-0.3, -0.25) is 0 Å².